The van der Waals surface area contributed by atoms with Crippen molar-refractivity contribution in [1.82, 2.24) is 4.90 Å². The summed E-state index contributed by atoms with van der Waals surface area (Å²) in [6, 6.07) is 11.8. The van der Waals surface area contributed by atoms with E-state index in [1.54, 1.807) is 12.1 Å². The van der Waals surface area contributed by atoms with Crippen LogP contribution in [-0.2, 0) is 6.42 Å². The standard InChI is InChI=1S/C20H21FN2O/c21-13-6-7-18-16(10-13)15-5-1-3-12-9-17(20(24-18)19(12)15)23-8-2-4-14(22)11-23/h1,3,5-7,10,14,17,20H,2,4,8-9,11,22H2. The fourth-order valence-electron chi connectivity index (χ4n) is 4.64. The average Bonchev–Trinajstić information content (AvgIpc) is 2.96. The minimum atomic E-state index is -0.218. The molecular formula is C20H21FN2O. The number of halogens is 1. The van der Waals surface area contributed by atoms with Gasteiger partial charge < -0.3 is 10.5 Å². The summed E-state index contributed by atoms with van der Waals surface area (Å²) < 4.78 is 20.1. The molecule has 2 N–H and O–H groups in total. The van der Waals surface area contributed by atoms with Gasteiger partial charge in [-0.2, -0.15) is 0 Å². The summed E-state index contributed by atoms with van der Waals surface area (Å²) in [7, 11) is 0. The summed E-state index contributed by atoms with van der Waals surface area (Å²) in [6.07, 6.45) is 3.26. The molecule has 2 aromatic rings. The highest BCUT2D eigenvalue weighted by Gasteiger charge is 2.43. The summed E-state index contributed by atoms with van der Waals surface area (Å²) in [4.78, 5) is 2.50. The first kappa shape index (κ1) is 14.4. The van der Waals surface area contributed by atoms with Gasteiger partial charge in [-0.05, 0) is 55.1 Å². The van der Waals surface area contributed by atoms with Gasteiger partial charge in [0.25, 0.3) is 0 Å². The first-order valence-corrected chi connectivity index (χ1v) is 8.79. The normalized spacial score (nSPS) is 28.2. The van der Waals surface area contributed by atoms with Gasteiger partial charge in [-0.1, -0.05) is 18.2 Å². The zero-order valence-corrected chi connectivity index (χ0v) is 13.5. The van der Waals surface area contributed by atoms with Crippen molar-refractivity contribution in [3.05, 3.63) is 53.3 Å². The van der Waals surface area contributed by atoms with Gasteiger partial charge >= 0.3 is 0 Å². The Morgan fingerprint density at radius 2 is 2.08 bits per heavy atom. The molecule has 1 saturated heterocycles. The smallest absolute Gasteiger partial charge is 0.140 e. The van der Waals surface area contributed by atoms with Gasteiger partial charge in [0.1, 0.15) is 17.7 Å². The molecular weight excluding hydrogens is 303 g/mol. The van der Waals surface area contributed by atoms with E-state index in [1.165, 1.54) is 17.2 Å². The third-order valence-corrected chi connectivity index (χ3v) is 5.70. The first-order chi connectivity index (χ1) is 11.7. The maximum absolute atomic E-state index is 13.7. The van der Waals surface area contributed by atoms with E-state index in [0.29, 0.717) is 6.04 Å². The number of nitrogens with zero attached hydrogens (tertiary/aromatic N) is 1. The largest absolute Gasteiger partial charge is 0.483 e. The van der Waals surface area contributed by atoms with E-state index < -0.39 is 0 Å². The lowest BCUT2D eigenvalue weighted by molar-refractivity contribution is 0.0581. The van der Waals surface area contributed by atoms with Crippen molar-refractivity contribution in [2.45, 2.75) is 37.5 Å². The topological polar surface area (TPSA) is 38.5 Å². The van der Waals surface area contributed by atoms with Crippen LogP contribution in [-0.4, -0.2) is 30.1 Å². The highest BCUT2D eigenvalue weighted by Crippen LogP contribution is 2.50. The van der Waals surface area contributed by atoms with Crippen LogP contribution in [0.5, 0.6) is 5.75 Å². The van der Waals surface area contributed by atoms with Crippen molar-refractivity contribution in [3.63, 3.8) is 0 Å². The Kier molecular flexibility index (Phi) is 3.19. The molecule has 1 fully saturated rings. The molecule has 0 amide bonds. The van der Waals surface area contributed by atoms with Crippen LogP contribution in [0, 0.1) is 5.82 Å². The molecule has 2 heterocycles. The van der Waals surface area contributed by atoms with E-state index in [1.807, 2.05) is 0 Å². The molecule has 24 heavy (non-hydrogen) atoms. The molecule has 1 aliphatic carbocycles. The van der Waals surface area contributed by atoms with Gasteiger partial charge in [-0.3, -0.25) is 4.90 Å². The molecule has 2 aromatic carbocycles. The number of hydrogen-bond acceptors (Lipinski definition) is 3. The Morgan fingerprint density at radius 1 is 1.17 bits per heavy atom. The molecule has 3 aliphatic rings. The van der Waals surface area contributed by atoms with Crippen LogP contribution < -0.4 is 10.5 Å². The van der Waals surface area contributed by atoms with Crippen molar-refractivity contribution < 1.29 is 9.13 Å². The van der Waals surface area contributed by atoms with Crippen LogP contribution in [0.15, 0.2) is 36.4 Å². The predicted octanol–water partition coefficient (Wildman–Crippen LogP) is 3.27. The van der Waals surface area contributed by atoms with Crippen LogP contribution in [0.25, 0.3) is 11.1 Å². The van der Waals surface area contributed by atoms with Crippen LogP contribution >= 0.6 is 0 Å². The fourth-order valence-corrected chi connectivity index (χ4v) is 4.64. The zero-order valence-electron chi connectivity index (χ0n) is 13.5. The second-order valence-corrected chi connectivity index (χ2v) is 7.23. The average molecular weight is 324 g/mol. The fraction of sp³-hybridized carbons (Fsp3) is 0.400. The van der Waals surface area contributed by atoms with Crippen LogP contribution in [0.3, 0.4) is 0 Å². The summed E-state index contributed by atoms with van der Waals surface area (Å²) in [6.45, 7) is 2.02. The lowest BCUT2D eigenvalue weighted by Gasteiger charge is -2.39. The Labute approximate surface area is 141 Å². The van der Waals surface area contributed by atoms with Crippen molar-refractivity contribution in [1.29, 1.82) is 0 Å². The molecule has 0 aromatic heterocycles. The van der Waals surface area contributed by atoms with Crippen LogP contribution in [0.1, 0.15) is 30.1 Å². The number of ether oxygens (including phenoxy) is 1. The van der Waals surface area contributed by atoms with Gasteiger partial charge in [0, 0.05) is 23.7 Å². The molecule has 3 unspecified atom stereocenters. The van der Waals surface area contributed by atoms with Gasteiger partial charge in [0.2, 0.25) is 0 Å². The Balaban J connectivity index is 1.59. The number of fused-ring (bicyclic) bond motifs is 2. The predicted molar refractivity (Wildman–Crippen MR) is 91.5 cm³/mol. The van der Waals surface area contributed by atoms with E-state index in [0.717, 1.165) is 49.2 Å². The van der Waals surface area contributed by atoms with E-state index >= 15 is 0 Å². The number of benzene rings is 2. The lowest BCUT2D eigenvalue weighted by Crippen LogP contribution is -2.50. The Bertz CT molecular complexity index is 806. The van der Waals surface area contributed by atoms with Crippen LogP contribution in [0.2, 0.25) is 0 Å². The monoisotopic (exact) mass is 324 g/mol. The molecule has 0 bridgehead atoms. The second-order valence-electron chi connectivity index (χ2n) is 7.23. The van der Waals surface area contributed by atoms with Gasteiger partial charge in [0.05, 0.1) is 6.04 Å². The molecule has 2 aliphatic heterocycles. The van der Waals surface area contributed by atoms with E-state index in [2.05, 4.69) is 23.1 Å². The van der Waals surface area contributed by atoms with Gasteiger partial charge in [0.15, 0.2) is 0 Å². The minimum absolute atomic E-state index is 0.0273. The second kappa shape index (κ2) is 5.30. The molecule has 3 atom stereocenters. The maximum atomic E-state index is 13.7. The Morgan fingerprint density at radius 3 is 2.96 bits per heavy atom. The summed E-state index contributed by atoms with van der Waals surface area (Å²) in [5, 5.41) is 0. The van der Waals surface area contributed by atoms with E-state index in [-0.39, 0.29) is 18.0 Å². The number of rotatable bonds is 1. The highest BCUT2D eigenvalue weighted by atomic mass is 19.1. The number of nitrogens with two attached hydrogens (primary N) is 1. The molecule has 0 saturated carbocycles. The number of likely N-dealkylation sites (tertiary alicyclic amines) is 1. The molecule has 3 nitrogen and oxygen atoms in total. The molecule has 124 valence electrons. The first-order valence-electron chi connectivity index (χ1n) is 8.79. The maximum Gasteiger partial charge on any atom is 0.140 e. The summed E-state index contributed by atoms with van der Waals surface area (Å²) >= 11 is 0. The SMILES string of the molecule is NC1CCCN(C2Cc3cccc4c3C2Oc2ccc(F)cc2-4)C1. The van der Waals surface area contributed by atoms with Crippen molar-refractivity contribution in [3.8, 4) is 16.9 Å². The highest BCUT2D eigenvalue weighted by molar-refractivity contribution is 5.78. The lowest BCUT2D eigenvalue weighted by atomic mass is 9.92. The molecule has 5 rings (SSSR count). The van der Waals surface area contributed by atoms with Gasteiger partial charge in [-0.25, -0.2) is 4.39 Å². The van der Waals surface area contributed by atoms with Crippen molar-refractivity contribution in [2.24, 2.45) is 5.73 Å². The van der Waals surface area contributed by atoms with Crippen molar-refractivity contribution >= 4 is 0 Å². The van der Waals surface area contributed by atoms with Gasteiger partial charge in [-0.15, -0.1) is 0 Å². The molecule has 4 heteroatoms. The minimum Gasteiger partial charge on any atom is -0.483 e. The zero-order chi connectivity index (χ0) is 16.3. The number of hydrogen-bond donors (Lipinski definition) is 1. The number of piperidine rings is 1. The molecule has 0 spiro atoms. The van der Waals surface area contributed by atoms with Crippen molar-refractivity contribution in [2.75, 3.05) is 13.1 Å². The third kappa shape index (κ3) is 2.10. The summed E-state index contributed by atoms with van der Waals surface area (Å²) in [5.41, 5.74) is 10.8. The third-order valence-electron chi connectivity index (χ3n) is 5.70. The van der Waals surface area contributed by atoms with Crippen LogP contribution in [0.4, 0.5) is 4.39 Å². The van der Waals surface area contributed by atoms with E-state index in [4.69, 9.17) is 10.5 Å². The Hall–Kier alpha value is -1.91. The quantitative estimate of drug-likeness (QED) is 0.875. The summed E-state index contributed by atoms with van der Waals surface area (Å²) in [5.74, 6) is 0.573. The molecule has 0 radical (unpaired) electrons. The van der Waals surface area contributed by atoms with E-state index in [9.17, 15) is 4.39 Å².